The van der Waals surface area contributed by atoms with Crippen molar-refractivity contribution in [3.63, 3.8) is 0 Å². The van der Waals surface area contributed by atoms with E-state index in [0.29, 0.717) is 67.4 Å². The highest BCUT2D eigenvalue weighted by atomic mass is 35.5. The highest BCUT2D eigenvalue weighted by Crippen LogP contribution is 2.41. The molecule has 352 valence electrons. The SMILES string of the molecule is CCOC(=O)COc1c2cccc1Cc1cc(NC(=O)CCl)cc(c1OCC(=O)OCC)Cc1cccc(c1OCC(=O)OCC)Cc1cc(NC(=O)CCl)cc(c1OCC(=O)OCC)C2. The van der Waals surface area contributed by atoms with Crippen LogP contribution in [0.25, 0.3) is 0 Å². The number of para-hydroxylation sites is 2. The Labute approximate surface area is 392 Å². The summed E-state index contributed by atoms with van der Waals surface area (Å²) in [7, 11) is 0. The van der Waals surface area contributed by atoms with E-state index >= 15 is 0 Å². The molecule has 0 aliphatic heterocycles. The Morgan fingerprint density at radius 1 is 0.424 bits per heavy atom. The second-order valence-corrected chi connectivity index (χ2v) is 15.0. The van der Waals surface area contributed by atoms with Crippen LogP contribution in [0.4, 0.5) is 11.4 Å². The number of nitrogens with one attached hydrogen (secondary N) is 2. The molecule has 2 amide bonds. The molecule has 0 radical (unpaired) electrons. The van der Waals surface area contributed by atoms with Gasteiger partial charge in [0.2, 0.25) is 11.8 Å². The summed E-state index contributed by atoms with van der Waals surface area (Å²) in [5.41, 5.74) is 4.89. The summed E-state index contributed by atoms with van der Waals surface area (Å²) in [6, 6.07) is 17.5. The number of carbonyl (C=O) groups excluding carboxylic acids is 6. The number of rotatable bonds is 20. The van der Waals surface area contributed by atoms with Gasteiger partial charge < -0.3 is 48.5 Å². The summed E-state index contributed by atoms with van der Waals surface area (Å²) < 4.78 is 46.1. The quantitative estimate of drug-likeness (QED) is 0.0488. The van der Waals surface area contributed by atoms with Gasteiger partial charge in [-0.15, -0.1) is 23.2 Å². The van der Waals surface area contributed by atoms with Crippen molar-refractivity contribution in [3.8, 4) is 23.0 Å². The van der Waals surface area contributed by atoms with Gasteiger partial charge >= 0.3 is 23.9 Å². The molecule has 4 aromatic carbocycles. The van der Waals surface area contributed by atoms with Crippen LogP contribution in [0.15, 0.2) is 60.7 Å². The van der Waals surface area contributed by atoms with Gasteiger partial charge in [0.05, 0.1) is 26.4 Å². The number of fused-ring (bicyclic) bond motifs is 8. The number of esters is 4. The molecule has 0 spiro atoms. The van der Waals surface area contributed by atoms with Gasteiger partial charge in [-0.1, -0.05) is 36.4 Å². The molecule has 1 aliphatic carbocycles. The lowest BCUT2D eigenvalue weighted by atomic mass is 9.90. The van der Waals surface area contributed by atoms with Crippen LogP contribution in [-0.2, 0) is 73.4 Å². The predicted octanol–water partition coefficient (Wildman–Crippen LogP) is 6.49. The van der Waals surface area contributed by atoms with Crippen LogP contribution >= 0.6 is 23.2 Å². The topological polar surface area (TPSA) is 200 Å². The highest BCUT2D eigenvalue weighted by Gasteiger charge is 2.25. The van der Waals surface area contributed by atoms with E-state index in [-0.39, 0.29) is 75.4 Å². The summed E-state index contributed by atoms with van der Waals surface area (Å²) in [5.74, 6) is -3.00. The molecule has 5 rings (SSSR count). The van der Waals surface area contributed by atoms with E-state index in [1.54, 1.807) is 88.4 Å². The Morgan fingerprint density at radius 3 is 0.894 bits per heavy atom. The van der Waals surface area contributed by atoms with Crippen LogP contribution in [0.2, 0.25) is 0 Å². The summed E-state index contributed by atoms with van der Waals surface area (Å²) in [6.07, 6.45) is 0.211. The molecule has 0 atom stereocenters. The largest absolute Gasteiger partial charge is 0.481 e. The first kappa shape index (κ1) is 50.5. The fraction of sp³-hybridized carbons (Fsp3) is 0.375. The molecule has 8 bridgehead atoms. The van der Waals surface area contributed by atoms with Crippen molar-refractivity contribution < 1.29 is 66.7 Å². The van der Waals surface area contributed by atoms with E-state index in [1.807, 2.05) is 0 Å². The van der Waals surface area contributed by atoms with Gasteiger partial charge in [-0.3, -0.25) is 9.59 Å². The van der Waals surface area contributed by atoms with E-state index in [1.165, 1.54) is 0 Å². The maximum Gasteiger partial charge on any atom is 0.344 e. The van der Waals surface area contributed by atoms with Crippen LogP contribution in [0, 0.1) is 0 Å². The first-order chi connectivity index (χ1) is 31.9. The molecule has 0 heterocycles. The maximum absolute atomic E-state index is 12.8. The minimum Gasteiger partial charge on any atom is -0.481 e. The lowest BCUT2D eigenvalue weighted by Crippen LogP contribution is -2.19. The van der Waals surface area contributed by atoms with Gasteiger partial charge in [-0.2, -0.15) is 0 Å². The van der Waals surface area contributed by atoms with Gasteiger partial charge in [0.25, 0.3) is 0 Å². The molecule has 0 unspecified atom stereocenters. The van der Waals surface area contributed by atoms with Gasteiger partial charge in [-0.25, -0.2) is 19.2 Å². The van der Waals surface area contributed by atoms with Crippen molar-refractivity contribution in [2.75, 3.05) is 75.2 Å². The molecule has 0 saturated carbocycles. The summed E-state index contributed by atoms with van der Waals surface area (Å²) in [5, 5.41) is 5.66. The number of hydrogen-bond acceptors (Lipinski definition) is 14. The number of amides is 2. The second-order valence-electron chi connectivity index (χ2n) is 14.5. The molecule has 66 heavy (non-hydrogen) atoms. The Hall–Kier alpha value is -6.52. The van der Waals surface area contributed by atoms with Crippen LogP contribution in [0.3, 0.4) is 0 Å². The number of anilines is 2. The second kappa shape index (κ2) is 25.2. The van der Waals surface area contributed by atoms with E-state index in [2.05, 4.69) is 10.6 Å². The molecule has 4 aromatic rings. The average molecular weight is 952 g/mol. The summed E-state index contributed by atoms with van der Waals surface area (Å²) in [6.45, 7) is 5.30. The number of alkyl halides is 2. The smallest absolute Gasteiger partial charge is 0.344 e. The van der Waals surface area contributed by atoms with Gasteiger partial charge in [0.15, 0.2) is 26.4 Å². The molecule has 0 aromatic heterocycles. The minimum absolute atomic E-state index is 0.0529. The highest BCUT2D eigenvalue weighted by molar-refractivity contribution is 6.29. The number of carbonyl (C=O) groups is 6. The van der Waals surface area contributed by atoms with E-state index < -0.39 is 62.1 Å². The van der Waals surface area contributed by atoms with Gasteiger partial charge in [0, 0.05) is 59.3 Å². The number of halogens is 2. The van der Waals surface area contributed by atoms with E-state index in [0.717, 1.165) is 0 Å². The van der Waals surface area contributed by atoms with Crippen molar-refractivity contribution in [1.82, 2.24) is 0 Å². The number of hydrogen-bond donors (Lipinski definition) is 2. The molecule has 1 aliphatic rings. The van der Waals surface area contributed by atoms with Crippen LogP contribution in [0.1, 0.15) is 72.2 Å². The fourth-order valence-electron chi connectivity index (χ4n) is 7.30. The Bertz CT molecular complexity index is 2150. The van der Waals surface area contributed by atoms with Gasteiger partial charge in [0.1, 0.15) is 34.8 Å². The first-order valence-corrected chi connectivity index (χ1v) is 22.3. The molecule has 18 heteroatoms. The monoisotopic (exact) mass is 950 g/mol. The Morgan fingerprint density at radius 2 is 0.667 bits per heavy atom. The Balaban J connectivity index is 1.87. The number of benzene rings is 4. The van der Waals surface area contributed by atoms with Crippen LogP contribution in [-0.4, -0.2) is 100 Å². The average Bonchev–Trinajstić information content (AvgIpc) is 3.28. The third-order valence-corrected chi connectivity index (χ3v) is 10.2. The Kier molecular flexibility index (Phi) is 19.3. The van der Waals surface area contributed by atoms with Crippen molar-refractivity contribution >= 4 is 70.3 Å². The lowest BCUT2D eigenvalue weighted by molar-refractivity contribution is -0.146. The zero-order chi connectivity index (χ0) is 47.6. The van der Waals surface area contributed by atoms with Crippen LogP contribution < -0.4 is 29.6 Å². The first-order valence-electron chi connectivity index (χ1n) is 21.3. The van der Waals surface area contributed by atoms with E-state index in [4.69, 9.17) is 61.1 Å². The number of ether oxygens (including phenoxy) is 8. The van der Waals surface area contributed by atoms with E-state index in [9.17, 15) is 28.8 Å². The van der Waals surface area contributed by atoms with Crippen LogP contribution in [0.5, 0.6) is 23.0 Å². The minimum atomic E-state index is -0.624. The molecule has 0 saturated heterocycles. The molecular formula is C48H52Cl2N2O14. The normalized spacial score (nSPS) is 11.6. The predicted molar refractivity (Wildman–Crippen MR) is 244 cm³/mol. The molecule has 0 fully saturated rings. The zero-order valence-electron chi connectivity index (χ0n) is 37.1. The van der Waals surface area contributed by atoms with Crippen molar-refractivity contribution in [3.05, 3.63) is 105 Å². The fourth-order valence-corrected chi connectivity index (χ4v) is 7.43. The van der Waals surface area contributed by atoms with Crippen molar-refractivity contribution in [1.29, 1.82) is 0 Å². The van der Waals surface area contributed by atoms with Crippen molar-refractivity contribution in [2.45, 2.75) is 53.4 Å². The molecular weight excluding hydrogens is 899 g/mol. The molecule has 16 nitrogen and oxygen atoms in total. The van der Waals surface area contributed by atoms with Gasteiger partial charge in [-0.05, 0) is 74.2 Å². The lowest BCUT2D eigenvalue weighted by Gasteiger charge is -2.23. The summed E-state index contributed by atoms with van der Waals surface area (Å²) >= 11 is 11.9. The van der Waals surface area contributed by atoms with Crippen molar-refractivity contribution in [2.24, 2.45) is 0 Å². The third kappa shape index (κ3) is 14.2. The molecule has 2 N–H and O–H groups in total. The third-order valence-electron chi connectivity index (χ3n) is 9.73. The zero-order valence-corrected chi connectivity index (χ0v) is 38.7. The summed E-state index contributed by atoms with van der Waals surface area (Å²) in [4.78, 5) is 77.0. The standard InChI is InChI=1S/C48H52Cl2N2O14/c1-5-59-41(55)25-63-45-29-11-9-12-30(45)16-34-20-38(52-40(54)24-50)22-36(48(34)66-28-44(58)62-8-4)18-32-14-10-13-31(46(32)64-26-42(56)60-6-2)17-35-21-37(51-39(53)23-49)19-33(15-29)47(35)65-27-43(57)61-7-3/h9-14,19-22H,5-8,15-18,23-28H2,1-4H3,(H,51,53)(H,52,54). The maximum atomic E-state index is 12.8.